The molecule has 5 heteroatoms. The smallest absolute Gasteiger partial charge is 0.190 e. The molecule has 0 saturated carbocycles. The molecule has 0 aliphatic heterocycles. The fraction of sp³-hybridized carbons (Fsp3) is 0.111. The van der Waals surface area contributed by atoms with Gasteiger partial charge < -0.3 is 10.4 Å². The van der Waals surface area contributed by atoms with Crippen LogP contribution in [0.3, 0.4) is 0 Å². The molecule has 1 aromatic heterocycles. The number of anilines is 2. The first kappa shape index (κ1) is 15.4. The van der Waals surface area contributed by atoms with E-state index in [-0.39, 0.29) is 5.75 Å². The molecule has 0 fully saturated rings. The van der Waals surface area contributed by atoms with E-state index in [1.54, 1.807) is 23.9 Å². The highest BCUT2D eigenvalue weighted by atomic mass is 32.2. The average Bonchev–Trinajstić information content (AvgIpc) is 2.56. The van der Waals surface area contributed by atoms with Crippen molar-refractivity contribution in [3.05, 3.63) is 71.9 Å². The van der Waals surface area contributed by atoms with Crippen LogP contribution >= 0.6 is 11.8 Å². The monoisotopic (exact) mass is 323 g/mol. The highest BCUT2D eigenvalue weighted by Gasteiger charge is 2.04. The number of phenolic OH excluding ortho intramolecular Hbond substituents is 1. The van der Waals surface area contributed by atoms with Crippen LogP contribution in [-0.2, 0) is 5.75 Å². The van der Waals surface area contributed by atoms with E-state index >= 15 is 0 Å². The molecule has 116 valence electrons. The van der Waals surface area contributed by atoms with Gasteiger partial charge in [-0.1, -0.05) is 42.1 Å². The predicted molar refractivity (Wildman–Crippen MR) is 94.2 cm³/mol. The summed E-state index contributed by atoms with van der Waals surface area (Å²) in [6, 6.07) is 19.1. The molecule has 2 N–H and O–H groups in total. The van der Waals surface area contributed by atoms with Crippen LogP contribution in [0.4, 0.5) is 11.5 Å². The molecule has 3 aromatic rings. The largest absolute Gasteiger partial charge is 0.508 e. The van der Waals surface area contributed by atoms with Gasteiger partial charge in [-0.15, -0.1) is 0 Å². The molecule has 3 rings (SSSR count). The molecule has 2 aromatic carbocycles. The molecule has 0 amide bonds. The molecule has 0 atom stereocenters. The second kappa shape index (κ2) is 7.15. The number of aromatic hydroxyl groups is 1. The summed E-state index contributed by atoms with van der Waals surface area (Å²) < 4.78 is 0. The van der Waals surface area contributed by atoms with Crippen LogP contribution in [-0.4, -0.2) is 15.1 Å². The molecule has 0 bridgehead atoms. The lowest BCUT2D eigenvalue weighted by Gasteiger charge is -2.08. The maximum absolute atomic E-state index is 9.33. The van der Waals surface area contributed by atoms with Gasteiger partial charge in [0.25, 0.3) is 0 Å². The highest BCUT2D eigenvalue weighted by Crippen LogP contribution is 2.23. The van der Waals surface area contributed by atoms with Crippen molar-refractivity contribution in [2.45, 2.75) is 17.8 Å². The van der Waals surface area contributed by atoms with Crippen LogP contribution in [0.15, 0.2) is 65.8 Å². The van der Waals surface area contributed by atoms with Gasteiger partial charge in [0, 0.05) is 23.2 Å². The van der Waals surface area contributed by atoms with Crippen LogP contribution in [0.1, 0.15) is 11.3 Å². The van der Waals surface area contributed by atoms with E-state index in [0.29, 0.717) is 0 Å². The Hall–Kier alpha value is -2.53. The molecule has 23 heavy (non-hydrogen) atoms. The van der Waals surface area contributed by atoms with Gasteiger partial charge >= 0.3 is 0 Å². The quantitative estimate of drug-likeness (QED) is 0.410. The number of hydrogen-bond donors (Lipinski definition) is 2. The summed E-state index contributed by atoms with van der Waals surface area (Å²) >= 11 is 1.61. The molecule has 0 aliphatic rings. The third kappa shape index (κ3) is 4.47. The average molecular weight is 323 g/mol. The number of aromatic nitrogens is 2. The Bertz CT molecular complexity index is 776. The number of thioether (sulfide) groups is 1. The molecular weight excluding hydrogens is 306 g/mol. The predicted octanol–water partition coefficient (Wildman–Crippen LogP) is 4.53. The number of nitrogens with one attached hydrogen (secondary N) is 1. The van der Waals surface area contributed by atoms with Crippen molar-refractivity contribution in [2.75, 3.05) is 5.32 Å². The van der Waals surface area contributed by atoms with Crippen molar-refractivity contribution in [2.24, 2.45) is 0 Å². The van der Waals surface area contributed by atoms with Gasteiger partial charge in [-0.05, 0) is 36.8 Å². The zero-order valence-corrected chi connectivity index (χ0v) is 13.5. The number of benzene rings is 2. The molecule has 4 nitrogen and oxygen atoms in total. The Morgan fingerprint density at radius 3 is 2.48 bits per heavy atom. The van der Waals surface area contributed by atoms with E-state index in [1.165, 1.54) is 5.56 Å². The summed E-state index contributed by atoms with van der Waals surface area (Å²) in [7, 11) is 0. The SMILES string of the molecule is Cc1cc(Nc2ccc(O)cc2)nc(SCc2ccccc2)n1. The Labute approximate surface area is 139 Å². The summed E-state index contributed by atoms with van der Waals surface area (Å²) in [4.78, 5) is 9.02. The third-order valence-electron chi connectivity index (χ3n) is 3.18. The van der Waals surface area contributed by atoms with Crippen LogP contribution in [0.5, 0.6) is 5.75 Å². The van der Waals surface area contributed by atoms with Crippen molar-refractivity contribution in [3.8, 4) is 5.75 Å². The number of rotatable bonds is 5. The van der Waals surface area contributed by atoms with Gasteiger partial charge in [-0.25, -0.2) is 9.97 Å². The normalized spacial score (nSPS) is 10.5. The van der Waals surface area contributed by atoms with E-state index in [0.717, 1.165) is 28.1 Å². The van der Waals surface area contributed by atoms with Gasteiger partial charge in [-0.3, -0.25) is 0 Å². The third-order valence-corrected chi connectivity index (χ3v) is 4.10. The molecule has 1 heterocycles. The van der Waals surface area contributed by atoms with E-state index in [9.17, 15) is 5.11 Å². The maximum Gasteiger partial charge on any atom is 0.190 e. The van der Waals surface area contributed by atoms with E-state index < -0.39 is 0 Å². The molecular formula is C18H17N3OS. The summed E-state index contributed by atoms with van der Waals surface area (Å²) in [6.45, 7) is 1.95. The Balaban J connectivity index is 1.72. The standard InChI is InChI=1S/C18H17N3OS/c1-13-11-17(20-15-7-9-16(22)10-8-15)21-18(19-13)23-12-14-5-3-2-4-6-14/h2-11,22H,12H2,1H3,(H,19,20,21). The number of aryl methyl sites for hydroxylation is 1. The highest BCUT2D eigenvalue weighted by molar-refractivity contribution is 7.98. The van der Waals surface area contributed by atoms with Crippen LogP contribution in [0.2, 0.25) is 0 Å². The fourth-order valence-corrected chi connectivity index (χ4v) is 2.94. The van der Waals surface area contributed by atoms with Crippen molar-refractivity contribution in [1.82, 2.24) is 9.97 Å². The minimum Gasteiger partial charge on any atom is -0.508 e. The number of nitrogens with zero attached hydrogens (tertiary/aromatic N) is 2. The molecule has 0 spiro atoms. The van der Waals surface area contributed by atoms with Gasteiger partial charge in [0.05, 0.1) is 0 Å². The van der Waals surface area contributed by atoms with E-state index in [2.05, 4.69) is 27.4 Å². The second-order valence-corrected chi connectivity index (χ2v) is 6.07. The van der Waals surface area contributed by atoms with Crippen molar-refractivity contribution in [1.29, 1.82) is 0 Å². The topological polar surface area (TPSA) is 58.0 Å². The lowest BCUT2D eigenvalue weighted by atomic mass is 10.2. The van der Waals surface area contributed by atoms with Gasteiger partial charge in [0.15, 0.2) is 5.16 Å². The first-order valence-electron chi connectivity index (χ1n) is 7.27. The van der Waals surface area contributed by atoms with Gasteiger partial charge in [0.1, 0.15) is 11.6 Å². The molecule has 0 unspecified atom stereocenters. The number of hydrogen-bond acceptors (Lipinski definition) is 5. The lowest BCUT2D eigenvalue weighted by molar-refractivity contribution is 0.475. The number of phenols is 1. The Morgan fingerprint density at radius 2 is 1.74 bits per heavy atom. The molecule has 0 radical (unpaired) electrons. The van der Waals surface area contributed by atoms with Crippen LogP contribution < -0.4 is 5.32 Å². The van der Waals surface area contributed by atoms with E-state index in [1.807, 2.05) is 43.3 Å². The van der Waals surface area contributed by atoms with E-state index in [4.69, 9.17) is 0 Å². The zero-order valence-electron chi connectivity index (χ0n) is 12.7. The zero-order chi connectivity index (χ0) is 16.1. The minimum absolute atomic E-state index is 0.244. The summed E-state index contributed by atoms with van der Waals surface area (Å²) in [5.41, 5.74) is 3.03. The van der Waals surface area contributed by atoms with Crippen molar-refractivity contribution < 1.29 is 5.11 Å². The minimum atomic E-state index is 0.244. The summed E-state index contributed by atoms with van der Waals surface area (Å²) in [6.07, 6.45) is 0. The van der Waals surface area contributed by atoms with Gasteiger partial charge in [0.2, 0.25) is 0 Å². The molecule has 0 aliphatic carbocycles. The second-order valence-electron chi connectivity index (χ2n) is 5.12. The molecule has 0 saturated heterocycles. The van der Waals surface area contributed by atoms with Gasteiger partial charge in [-0.2, -0.15) is 0 Å². The summed E-state index contributed by atoms with van der Waals surface area (Å²) in [5, 5.41) is 13.3. The lowest BCUT2D eigenvalue weighted by Crippen LogP contribution is -1.98. The Kier molecular flexibility index (Phi) is 4.78. The fourth-order valence-electron chi connectivity index (χ4n) is 2.08. The summed E-state index contributed by atoms with van der Waals surface area (Å²) in [5.74, 6) is 1.83. The first-order chi connectivity index (χ1) is 11.2. The Morgan fingerprint density at radius 1 is 1.00 bits per heavy atom. The van der Waals surface area contributed by atoms with Crippen molar-refractivity contribution in [3.63, 3.8) is 0 Å². The van der Waals surface area contributed by atoms with Crippen LogP contribution in [0.25, 0.3) is 0 Å². The van der Waals surface area contributed by atoms with Crippen molar-refractivity contribution >= 4 is 23.3 Å². The maximum atomic E-state index is 9.33. The van der Waals surface area contributed by atoms with Crippen LogP contribution in [0, 0.1) is 6.92 Å². The first-order valence-corrected chi connectivity index (χ1v) is 8.26.